The van der Waals surface area contributed by atoms with E-state index in [0.717, 1.165) is 0 Å². The second kappa shape index (κ2) is 10.3. The third kappa shape index (κ3) is 5.98. The molecule has 1 aliphatic rings. The zero-order valence-electron chi connectivity index (χ0n) is 19.4. The van der Waals surface area contributed by atoms with Gasteiger partial charge in [0.2, 0.25) is 10.0 Å². The Morgan fingerprint density at radius 1 is 1.21 bits per heavy atom. The van der Waals surface area contributed by atoms with E-state index in [1.54, 1.807) is 49.4 Å². The maximum atomic E-state index is 12.4. The molecule has 2 N–H and O–H groups in total. The second-order valence-corrected chi connectivity index (χ2v) is 10.3. The molecule has 34 heavy (non-hydrogen) atoms. The molecule has 182 valence electrons. The van der Waals surface area contributed by atoms with Crippen LogP contribution in [0.2, 0.25) is 0 Å². The van der Waals surface area contributed by atoms with Gasteiger partial charge in [0.05, 0.1) is 24.5 Å². The van der Waals surface area contributed by atoms with Crippen molar-refractivity contribution < 1.29 is 27.8 Å². The summed E-state index contributed by atoms with van der Waals surface area (Å²) >= 11 is 0. The highest BCUT2D eigenvalue weighted by molar-refractivity contribution is 7.88. The number of carboxylic acids is 1. The molecule has 9 nitrogen and oxygen atoms in total. The van der Waals surface area contributed by atoms with Crippen molar-refractivity contribution in [2.45, 2.75) is 38.3 Å². The minimum absolute atomic E-state index is 0.203. The predicted octanol–water partition coefficient (Wildman–Crippen LogP) is 3.17. The summed E-state index contributed by atoms with van der Waals surface area (Å²) < 4.78 is 36.8. The molecule has 2 aromatic rings. The van der Waals surface area contributed by atoms with E-state index in [0.29, 0.717) is 60.9 Å². The number of anilines is 1. The van der Waals surface area contributed by atoms with Crippen molar-refractivity contribution in [1.29, 1.82) is 5.26 Å². The van der Waals surface area contributed by atoms with Gasteiger partial charge in [0, 0.05) is 24.8 Å². The average molecular weight is 488 g/mol. The monoisotopic (exact) mass is 487 g/mol. The summed E-state index contributed by atoms with van der Waals surface area (Å²) in [5, 5.41) is 22.2. The molecule has 0 bridgehead atoms. The molecule has 2 aromatic carbocycles. The number of piperidine rings is 1. The number of hydrogen-bond acceptors (Lipinski definition) is 7. The summed E-state index contributed by atoms with van der Waals surface area (Å²) in [5.74, 6) is -0.177. The highest BCUT2D eigenvalue weighted by Gasteiger charge is 2.36. The maximum absolute atomic E-state index is 12.4. The molecule has 0 aromatic heterocycles. The number of aliphatic carboxylic acids is 1. The number of nitriles is 1. The van der Waals surface area contributed by atoms with E-state index < -0.39 is 21.5 Å². The number of nitrogens with one attached hydrogen (secondary N) is 1. The fourth-order valence-corrected chi connectivity index (χ4v) is 4.69. The van der Waals surface area contributed by atoms with Crippen LogP contribution in [0, 0.1) is 11.3 Å². The van der Waals surface area contributed by atoms with Crippen LogP contribution in [0.5, 0.6) is 11.5 Å². The molecule has 3 rings (SSSR count). The van der Waals surface area contributed by atoms with Gasteiger partial charge in [0.1, 0.15) is 17.6 Å². The summed E-state index contributed by atoms with van der Waals surface area (Å²) in [6.45, 7) is 4.51. The van der Waals surface area contributed by atoms with Crippen molar-refractivity contribution in [3.8, 4) is 17.6 Å². The van der Waals surface area contributed by atoms with Gasteiger partial charge in [-0.15, -0.1) is 0 Å². The lowest BCUT2D eigenvalue weighted by Crippen LogP contribution is -2.41. The quantitative estimate of drug-likeness (QED) is 0.552. The summed E-state index contributed by atoms with van der Waals surface area (Å²) in [7, 11) is -3.24. The summed E-state index contributed by atoms with van der Waals surface area (Å²) in [6.07, 6.45) is 2.05. The van der Waals surface area contributed by atoms with Gasteiger partial charge in [0.15, 0.2) is 5.54 Å². The summed E-state index contributed by atoms with van der Waals surface area (Å²) in [4.78, 5) is 12.4. The lowest BCUT2D eigenvalue weighted by Gasteiger charge is -2.32. The lowest BCUT2D eigenvalue weighted by atomic mass is 9.91. The molecule has 1 atom stereocenters. The van der Waals surface area contributed by atoms with Crippen molar-refractivity contribution in [3.05, 3.63) is 53.6 Å². The van der Waals surface area contributed by atoms with Gasteiger partial charge in [-0.2, -0.15) is 5.26 Å². The van der Waals surface area contributed by atoms with Crippen molar-refractivity contribution in [2.75, 3.05) is 31.3 Å². The molecule has 1 aliphatic heterocycles. The second-order valence-electron chi connectivity index (χ2n) is 8.35. The average Bonchev–Trinajstić information content (AvgIpc) is 2.79. The number of carboxylic acid groups (broad SMARTS) is 1. The Morgan fingerprint density at radius 2 is 1.82 bits per heavy atom. The molecule has 0 amide bonds. The standard InChI is InChI=1S/C24H29N3O6S/c1-4-32-21-13-18(24(2,23(28)29)26-19-7-5-17(16-25)6-8-19)14-22(15-21)33-20-9-11-27(12-10-20)34(3,30)31/h5-8,13-15,20,26H,4,9-12H2,1-3H3,(H,28,29). The number of rotatable bonds is 9. The van der Waals surface area contributed by atoms with Gasteiger partial charge in [-0.05, 0) is 68.7 Å². The first-order valence-electron chi connectivity index (χ1n) is 11.0. The first-order chi connectivity index (χ1) is 16.0. The topological polar surface area (TPSA) is 129 Å². The molecular formula is C24H29N3O6S. The van der Waals surface area contributed by atoms with E-state index in [1.165, 1.54) is 10.6 Å². The van der Waals surface area contributed by atoms with Crippen molar-refractivity contribution in [2.24, 2.45) is 0 Å². The van der Waals surface area contributed by atoms with Gasteiger partial charge in [-0.25, -0.2) is 17.5 Å². The van der Waals surface area contributed by atoms with E-state index in [1.807, 2.05) is 13.0 Å². The highest BCUT2D eigenvalue weighted by Crippen LogP contribution is 2.34. The Morgan fingerprint density at radius 3 is 2.35 bits per heavy atom. The molecule has 1 heterocycles. The molecule has 1 saturated heterocycles. The molecule has 1 fully saturated rings. The molecule has 1 unspecified atom stereocenters. The van der Waals surface area contributed by atoms with Gasteiger partial charge < -0.3 is 19.9 Å². The maximum Gasteiger partial charge on any atom is 0.333 e. The minimum atomic E-state index is -3.24. The summed E-state index contributed by atoms with van der Waals surface area (Å²) in [6, 6.07) is 13.6. The zero-order chi connectivity index (χ0) is 24.9. The third-order valence-electron chi connectivity index (χ3n) is 5.78. The number of hydrogen-bond donors (Lipinski definition) is 2. The van der Waals surface area contributed by atoms with Crippen LogP contribution in [0.25, 0.3) is 0 Å². The SMILES string of the molecule is CCOc1cc(OC2CCN(S(C)(=O)=O)CC2)cc(C(C)(Nc2ccc(C#N)cc2)C(=O)O)c1. The Labute approximate surface area is 200 Å². The van der Waals surface area contributed by atoms with Crippen molar-refractivity contribution in [1.82, 2.24) is 4.31 Å². The minimum Gasteiger partial charge on any atom is -0.494 e. The molecule has 0 radical (unpaired) electrons. The summed E-state index contributed by atoms with van der Waals surface area (Å²) in [5.41, 5.74) is -0.0716. The van der Waals surface area contributed by atoms with Crippen LogP contribution in [0.4, 0.5) is 5.69 Å². The molecule has 0 spiro atoms. The van der Waals surface area contributed by atoms with Crippen molar-refractivity contribution in [3.63, 3.8) is 0 Å². The van der Waals surface area contributed by atoms with E-state index in [4.69, 9.17) is 14.7 Å². The number of ether oxygens (including phenoxy) is 2. The van der Waals surface area contributed by atoms with Crippen LogP contribution < -0.4 is 14.8 Å². The number of nitrogens with zero attached hydrogens (tertiary/aromatic N) is 2. The van der Waals surface area contributed by atoms with Crippen LogP contribution >= 0.6 is 0 Å². The van der Waals surface area contributed by atoms with Crippen molar-refractivity contribution >= 4 is 21.7 Å². The number of carbonyl (C=O) groups is 1. The smallest absolute Gasteiger partial charge is 0.333 e. The first kappa shape index (κ1) is 25.3. The number of benzene rings is 2. The van der Waals surface area contributed by atoms with E-state index in [9.17, 15) is 18.3 Å². The van der Waals surface area contributed by atoms with Gasteiger partial charge >= 0.3 is 5.97 Å². The van der Waals surface area contributed by atoms with Gasteiger partial charge in [-0.1, -0.05) is 0 Å². The Bertz CT molecular complexity index is 1170. The Kier molecular flexibility index (Phi) is 7.69. The largest absolute Gasteiger partial charge is 0.494 e. The van der Waals surface area contributed by atoms with E-state index >= 15 is 0 Å². The van der Waals surface area contributed by atoms with Crippen LogP contribution in [0.15, 0.2) is 42.5 Å². The molecule has 10 heteroatoms. The van der Waals surface area contributed by atoms with Crippen LogP contribution in [0.1, 0.15) is 37.8 Å². The molecular weight excluding hydrogens is 458 g/mol. The van der Waals surface area contributed by atoms with Crippen LogP contribution in [-0.4, -0.2) is 55.9 Å². The Balaban J connectivity index is 1.88. The molecule has 0 aliphatic carbocycles. The fraction of sp³-hybridized carbons (Fsp3) is 0.417. The predicted molar refractivity (Wildman–Crippen MR) is 127 cm³/mol. The molecule has 0 saturated carbocycles. The zero-order valence-corrected chi connectivity index (χ0v) is 20.3. The first-order valence-corrected chi connectivity index (χ1v) is 12.8. The Hall–Kier alpha value is -3.29. The van der Waals surface area contributed by atoms with E-state index in [2.05, 4.69) is 5.32 Å². The highest BCUT2D eigenvalue weighted by atomic mass is 32.2. The van der Waals surface area contributed by atoms with Gasteiger partial charge in [-0.3, -0.25) is 0 Å². The normalized spacial score (nSPS) is 16.8. The van der Waals surface area contributed by atoms with E-state index in [-0.39, 0.29) is 6.10 Å². The van der Waals surface area contributed by atoms with Crippen LogP contribution in [0.3, 0.4) is 0 Å². The third-order valence-corrected chi connectivity index (χ3v) is 7.08. The van der Waals surface area contributed by atoms with Gasteiger partial charge in [0.25, 0.3) is 0 Å². The van der Waals surface area contributed by atoms with Crippen LogP contribution in [-0.2, 0) is 20.4 Å². The lowest BCUT2D eigenvalue weighted by molar-refractivity contribution is -0.142. The number of sulfonamides is 1. The fourth-order valence-electron chi connectivity index (χ4n) is 3.82.